The van der Waals surface area contributed by atoms with E-state index in [1.54, 1.807) is 6.92 Å². The van der Waals surface area contributed by atoms with E-state index in [1.165, 1.54) is 0 Å². The number of nitrogens with one attached hydrogen (secondary N) is 1. The zero-order chi connectivity index (χ0) is 10.1. The topological polar surface area (TPSA) is 52.6 Å². The normalized spacial score (nSPS) is 34.0. The smallest absolute Gasteiger partial charge is 0.323 e. The second-order valence-corrected chi connectivity index (χ2v) is 4.35. The van der Waals surface area contributed by atoms with E-state index in [9.17, 15) is 4.79 Å². The van der Waals surface area contributed by atoms with Gasteiger partial charge in [0.15, 0.2) is 0 Å². The van der Waals surface area contributed by atoms with Crippen LogP contribution < -0.4 is 5.32 Å². The average Bonchev–Trinajstić information content (AvgIpc) is 2.32. The van der Waals surface area contributed by atoms with Gasteiger partial charge in [-0.1, -0.05) is 0 Å². The maximum absolute atomic E-state index is 10.9. The second kappa shape index (κ2) is 3.64. The minimum atomic E-state index is -0.742. The molecule has 0 aromatic rings. The predicted octanol–water partition coefficient (Wildman–Crippen LogP) is 0.000800. The van der Waals surface area contributed by atoms with Crippen LogP contribution in [0, 0.1) is 5.92 Å². The van der Waals surface area contributed by atoms with Gasteiger partial charge in [-0.2, -0.15) is 0 Å². The highest BCUT2D eigenvalue weighted by atomic mass is 16.4. The molecule has 0 aromatic carbocycles. The minimum absolute atomic E-state index is 0.455. The van der Waals surface area contributed by atoms with Crippen molar-refractivity contribution < 1.29 is 9.90 Å². The average molecular weight is 186 g/mol. The van der Waals surface area contributed by atoms with Crippen LogP contribution in [-0.4, -0.2) is 48.7 Å². The quantitative estimate of drug-likeness (QED) is 0.651. The first-order chi connectivity index (χ1) is 5.94. The first-order valence-electron chi connectivity index (χ1n) is 4.57. The van der Waals surface area contributed by atoms with Gasteiger partial charge in [0, 0.05) is 13.1 Å². The summed E-state index contributed by atoms with van der Waals surface area (Å²) in [6.45, 7) is 3.52. The molecule has 2 N–H and O–H groups in total. The van der Waals surface area contributed by atoms with Gasteiger partial charge in [-0.05, 0) is 33.4 Å². The largest absolute Gasteiger partial charge is 0.480 e. The van der Waals surface area contributed by atoms with Crippen molar-refractivity contribution in [2.75, 3.05) is 27.2 Å². The van der Waals surface area contributed by atoms with Crippen LogP contribution in [0.15, 0.2) is 0 Å². The number of hydrogen-bond donors (Lipinski definition) is 2. The third-order valence-corrected chi connectivity index (χ3v) is 2.57. The lowest BCUT2D eigenvalue weighted by Gasteiger charge is -2.19. The summed E-state index contributed by atoms with van der Waals surface area (Å²) in [4.78, 5) is 13.0. The van der Waals surface area contributed by atoms with E-state index in [0.717, 1.165) is 19.5 Å². The van der Waals surface area contributed by atoms with Crippen LogP contribution >= 0.6 is 0 Å². The molecule has 13 heavy (non-hydrogen) atoms. The number of carboxylic acid groups (broad SMARTS) is 1. The Morgan fingerprint density at radius 3 is 2.69 bits per heavy atom. The van der Waals surface area contributed by atoms with Crippen molar-refractivity contribution in [3.05, 3.63) is 0 Å². The van der Waals surface area contributed by atoms with Crippen molar-refractivity contribution in [3.8, 4) is 0 Å². The molecule has 1 aliphatic rings. The summed E-state index contributed by atoms with van der Waals surface area (Å²) in [7, 11) is 4.02. The summed E-state index contributed by atoms with van der Waals surface area (Å²) in [5.41, 5.74) is -0.708. The number of aliphatic carboxylic acids is 1. The van der Waals surface area contributed by atoms with Crippen molar-refractivity contribution in [2.45, 2.75) is 18.9 Å². The van der Waals surface area contributed by atoms with Crippen molar-refractivity contribution in [3.63, 3.8) is 0 Å². The molecule has 0 aromatic heterocycles. The maximum Gasteiger partial charge on any atom is 0.323 e. The molecule has 1 heterocycles. The van der Waals surface area contributed by atoms with Crippen LogP contribution in [0.5, 0.6) is 0 Å². The number of carboxylic acids is 1. The SMILES string of the molecule is CN(C)CC1CNC(C)(C(=O)O)C1. The molecule has 0 spiro atoms. The monoisotopic (exact) mass is 186 g/mol. The zero-order valence-corrected chi connectivity index (χ0v) is 8.50. The second-order valence-electron chi connectivity index (χ2n) is 4.35. The van der Waals surface area contributed by atoms with Crippen LogP contribution in [0.3, 0.4) is 0 Å². The van der Waals surface area contributed by atoms with E-state index >= 15 is 0 Å². The van der Waals surface area contributed by atoms with Crippen LogP contribution in [0.4, 0.5) is 0 Å². The minimum Gasteiger partial charge on any atom is -0.480 e. The molecular formula is C9H18N2O2. The van der Waals surface area contributed by atoms with Crippen molar-refractivity contribution in [1.82, 2.24) is 10.2 Å². The van der Waals surface area contributed by atoms with E-state index in [0.29, 0.717) is 5.92 Å². The Morgan fingerprint density at radius 2 is 2.31 bits per heavy atom. The van der Waals surface area contributed by atoms with Gasteiger partial charge < -0.3 is 15.3 Å². The van der Waals surface area contributed by atoms with Gasteiger partial charge in [0.1, 0.15) is 5.54 Å². The van der Waals surface area contributed by atoms with Gasteiger partial charge in [-0.25, -0.2) is 0 Å². The zero-order valence-electron chi connectivity index (χ0n) is 8.50. The van der Waals surface area contributed by atoms with Crippen molar-refractivity contribution in [2.24, 2.45) is 5.92 Å². The maximum atomic E-state index is 10.9. The number of hydrogen-bond acceptors (Lipinski definition) is 3. The van der Waals surface area contributed by atoms with Crippen LogP contribution in [-0.2, 0) is 4.79 Å². The van der Waals surface area contributed by atoms with E-state index in [-0.39, 0.29) is 0 Å². The molecule has 76 valence electrons. The van der Waals surface area contributed by atoms with Crippen LogP contribution in [0.1, 0.15) is 13.3 Å². The van der Waals surface area contributed by atoms with Crippen LogP contribution in [0.2, 0.25) is 0 Å². The molecular weight excluding hydrogens is 168 g/mol. The molecule has 0 saturated carbocycles. The van der Waals surface area contributed by atoms with Crippen LogP contribution in [0.25, 0.3) is 0 Å². The Bertz CT molecular complexity index is 206. The molecule has 4 heteroatoms. The molecule has 0 radical (unpaired) electrons. The van der Waals surface area contributed by atoms with E-state index in [4.69, 9.17) is 5.11 Å². The molecule has 2 atom stereocenters. The van der Waals surface area contributed by atoms with E-state index < -0.39 is 11.5 Å². The van der Waals surface area contributed by atoms with Gasteiger partial charge in [-0.3, -0.25) is 4.79 Å². The Hall–Kier alpha value is -0.610. The molecule has 1 fully saturated rings. The fraction of sp³-hybridized carbons (Fsp3) is 0.889. The molecule has 1 rings (SSSR count). The van der Waals surface area contributed by atoms with Crippen molar-refractivity contribution >= 4 is 5.97 Å². The van der Waals surface area contributed by atoms with Gasteiger partial charge in [-0.15, -0.1) is 0 Å². The molecule has 2 unspecified atom stereocenters. The lowest BCUT2D eigenvalue weighted by Crippen LogP contribution is -2.44. The Balaban J connectivity index is 2.48. The lowest BCUT2D eigenvalue weighted by molar-refractivity contribution is -0.143. The van der Waals surface area contributed by atoms with Crippen molar-refractivity contribution in [1.29, 1.82) is 0 Å². The third kappa shape index (κ3) is 2.42. The molecule has 0 aliphatic carbocycles. The molecule has 0 bridgehead atoms. The number of rotatable bonds is 3. The van der Waals surface area contributed by atoms with Gasteiger partial charge in [0.25, 0.3) is 0 Å². The highest BCUT2D eigenvalue weighted by Gasteiger charge is 2.40. The Labute approximate surface area is 78.9 Å². The summed E-state index contributed by atoms with van der Waals surface area (Å²) in [6.07, 6.45) is 0.723. The first kappa shape index (κ1) is 10.5. The predicted molar refractivity (Wildman–Crippen MR) is 50.7 cm³/mol. The van der Waals surface area contributed by atoms with E-state index in [1.807, 2.05) is 14.1 Å². The fourth-order valence-electron chi connectivity index (χ4n) is 1.90. The van der Waals surface area contributed by atoms with Gasteiger partial charge >= 0.3 is 5.97 Å². The number of nitrogens with zero attached hydrogens (tertiary/aromatic N) is 1. The summed E-state index contributed by atoms with van der Waals surface area (Å²) in [5, 5.41) is 12.0. The standard InChI is InChI=1S/C9H18N2O2/c1-9(8(12)13)4-7(5-10-9)6-11(2)3/h7,10H,4-6H2,1-3H3,(H,12,13). The molecule has 1 aliphatic heterocycles. The fourth-order valence-corrected chi connectivity index (χ4v) is 1.90. The summed E-state index contributed by atoms with van der Waals surface area (Å²) in [6, 6.07) is 0. The van der Waals surface area contributed by atoms with Gasteiger partial charge in [0.2, 0.25) is 0 Å². The first-order valence-corrected chi connectivity index (χ1v) is 4.57. The lowest BCUT2D eigenvalue weighted by atomic mass is 9.95. The highest BCUT2D eigenvalue weighted by molar-refractivity contribution is 5.78. The van der Waals surface area contributed by atoms with E-state index in [2.05, 4.69) is 10.2 Å². The molecule has 1 saturated heterocycles. The van der Waals surface area contributed by atoms with Gasteiger partial charge in [0.05, 0.1) is 0 Å². The summed E-state index contributed by atoms with van der Waals surface area (Å²) >= 11 is 0. The third-order valence-electron chi connectivity index (χ3n) is 2.57. The highest BCUT2D eigenvalue weighted by Crippen LogP contribution is 2.24. The molecule has 4 nitrogen and oxygen atoms in total. The molecule has 0 amide bonds. The Morgan fingerprint density at radius 1 is 1.69 bits per heavy atom. The number of carbonyl (C=O) groups is 1. The summed E-state index contributed by atoms with van der Waals surface area (Å²) < 4.78 is 0. The Kier molecular flexibility index (Phi) is 2.93. The summed E-state index contributed by atoms with van der Waals surface area (Å²) in [5.74, 6) is -0.287.